The van der Waals surface area contributed by atoms with Gasteiger partial charge in [0, 0.05) is 62.0 Å². The Morgan fingerprint density at radius 2 is 1.02 bits per heavy atom. The van der Waals surface area contributed by atoms with Crippen molar-refractivity contribution in [3.8, 4) is 16.9 Å². The van der Waals surface area contributed by atoms with E-state index < -0.39 is 0 Å². The van der Waals surface area contributed by atoms with Crippen molar-refractivity contribution in [1.29, 1.82) is 0 Å². The molecule has 6 aromatic carbocycles. The second-order valence-electron chi connectivity index (χ2n) is 12.7. The first-order chi connectivity index (χ1) is 22.7. The summed E-state index contributed by atoms with van der Waals surface area (Å²) in [4.78, 5) is 0. The van der Waals surface area contributed by atoms with Gasteiger partial charge in [0.15, 0.2) is 0 Å². The maximum Gasteiger partial charge on any atom is 0.139 e. The molecule has 4 heteroatoms. The van der Waals surface area contributed by atoms with Gasteiger partial charge in [-0.15, -0.1) is 0 Å². The van der Waals surface area contributed by atoms with Crippen LogP contribution in [0.2, 0.25) is 0 Å². The van der Waals surface area contributed by atoms with Crippen LogP contribution < -0.4 is 4.74 Å². The molecule has 2 atom stereocenters. The molecular weight excluding hydrogens is 568 g/mol. The average molecular weight is 595 g/mol. The summed E-state index contributed by atoms with van der Waals surface area (Å²) in [5.41, 5.74) is 11.2. The second-order valence-corrected chi connectivity index (χ2v) is 12.7. The Morgan fingerprint density at radius 3 is 1.70 bits per heavy atom. The van der Waals surface area contributed by atoms with Crippen molar-refractivity contribution in [2.45, 2.75) is 24.9 Å². The highest BCUT2D eigenvalue weighted by molar-refractivity contribution is 6.19. The molecule has 46 heavy (non-hydrogen) atoms. The van der Waals surface area contributed by atoms with Gasteiger partial charge in [-0.2, -0.15) is 0 Å². The Morgan fingerprint density at radius 1 is 0.457 bits per heavy atom. The van der Waals surface area contributed by atoms with E-state index in [1.165, 1.54) is 27.8 Å². The van der Waals surface area contributed by atoms with E-state index in [2.05, 4.69) is 103 Å². The minimum atomic E-state index is 0.166. The quantitative estimate of drug-likeness (QED) is 0.200. The molecule has 2 unspecified atom stereocenters. The van der Waals surface area contributed by atoms with Crippen molar-refractivity contribution in [3.63, 3.8) is 0 Å². The lowest BCUT2D eigenvalue weighted by atomic mass is 9.82. The molecule has 4 nitrogen and oxygen atoms in total. The maximum absolute atomic E-state index is 6.49. The monoisotopic (exact) mass is 594 g/mol. The van der Waals surface area contributed by atoms with Crippen LogP contribution >= 0.6 is 0 Å². The summed E-state index contributed by atoms with van der Waals surface area (Å²) in [5, 5.41) is 6.51. The molecule has 0 radical (unpaired) electrons. The summed E-state index contributed by atoms with van der Waals surface area (Å²) in [5.74, 6) is 1.17. The van der Waals surface area contributed by atoms with Crippen LogP contribution in [0.15, 0.2) is 135 Å². The number of fused-ring (bicyclic) bond motifs is 12. The molecule has 0 fully saturated rings. The Labute approximate surface area is 263 Å². The highest BCUT2D eigenvalue weighted by Crippen LogP contribution is 2.49. The number of ether oxygens (including phenoxy) is 1. The fourth-order valence-electron chi connectivity index (χ4n) is 7.90. The van der Waals surface area contributed by atoms with Gasteiger partial charge in [-0.05, 0) is 65.4 Å². The third-order valence-electron chi connectivity index (χ3n) is 10.2. The van der Waals surface area contributed by atoms with E-state index in [1.54, 1.807) is 0 Å². The molecule has 0 spiro atoms. The molecule has 1 aliphatic heterocycles. The lowest BCUT2D eigenvalue weighted by Gasteiger charge is -2.24. The van der Waals surface area contributed by atoms with Gasteiger partial charge in [0.2, 0.25) is 0 Å². The zero-order valence-corrected chi connectivity index (χ0v) is 24.7. The molecule has 0 bridgehead atoms. The van der Waals surface area contributed by atoms with Gasteiger partial charge in [0.05, 0.1) is 0 Å². The van der Waals surface area contributed by atoms with Gasteiger partial charge in [0.1, 0.15) is 45.4 Å². The summed E-state index contributed by atoms with van der Waals surface area (Å²) in [6, 6.07) is 40.5. The van der Waals surface area contributed by atoms with Crippen LogP contribution in [-0.4, -0.2) is 6.10 Å². The Bertz CT molecular complexity index is 2720. The standard InChI is InChI=1S/C42H26O4/c1-3-7-23(8-4-1)25-11-13-35-27(15-25)29-17-31-33-19-34-32-18-30-28-16-26(24-9-5-2-6-10-24)12-14-36(28)44-38(30)21-40(32)46-42(34)22-41(33)45-39(31)20-37(29)43-35/h1-11,13,15-22,28,36H,12,14H2. The predicted octanol–water partition coefficient (Wildman–Crippen LogP) is 11.8. The number of hydrogen-bond acceptors (Lipinski definition) is 4. The largest absolute Gasteiger partial charge is 0.489 e. The molecule has 1 aliphatic carbocycles. The SMILES string of the molecule is C1=C(c2ccccc2)CCC2Oc3cc4oc5cc6oc7cc8oc9ccc(-c%10ccccc%10)cc9c8cc7c6cc5c4cc3C12. The maximum atomic E-state index is 6.49. The van der Waals surface area contributed by atoms with Gasteiger partial charge in [0.25, 0.3) is 0 Å². The van der Waals surface area contributed by atoms with Crippen molar-refractivity contribution in [3.05, 3.63) is 132 Å². The fourth-order valence-corrected chi connectivity index (χ4v) is 7.90. The van der Waals surface area contributed by atoms with Crippen LogP contribution in [0.1, 0.15) is 29.9 Å². The molecule has 0 N–H and O–H groups in total. The van der Waals surface area contributed by atoms with E-state index in [9.17, 15) is 0 Å². The van der Waals surface area contributed by atoms with Gasteiger partial charge < -0.3 is 18.0 Å². The molecule has 11 rings (SSSR count). The Balaban J connectivity index is 1.08. The van der Waals surface area contributed by atoms with Gasteiger partial charge in [-0.3, -0.25) is 0 Å². The molecule has 9 aromatic rings. The smallest absolute Gasteiger partial charge is 0.139 e. The first-order valence-corrected chi connectivity index (χ1v) is 15.9. The average Bonchev–Trinajstić information content (AvgIpc) is 3.84. The van der Waals surface area contributed by atoms with E-state index in [4.69, 9.17) is 18.0 Å². The lowest BCUT2D eigenvalue weighted by Crippen LogP contribution is -2.21. The summed E-state index contributed by atoms with van der Waals surface area (Å²) in [6.07, 6.45) is 4.62. The molecule has 0 amide bonds. The number of hydrogen-bond donors (Lipinski definition) is 0. The summed E-state index contributed by atoms with van der Waals surface area (Å²) >= 11 is 0. The van der Waals surface area contributed by atoms with Gasteiger partial charge >= 0.3 is 0 Å². The van der Waals surface area contributed by atoms with Gasteiger partial charge in [-0.25, -0.2) is 0 Å². The minimum Gasteiger partial charge on any atom is -0.489 e. The van der Waals surface area contributed by atoms with Crippen molar-refractivity contribution >= 4 is 71.4 Å². The molecule has 0 saturated heterocycles. The number of allylic oxidation sites excluding steroid dienone is 1. The van der Waals surface area contributed by atoms with Crippen molar-refractivity contribution < 1.29 is 18.0 Å². The predicted molar refractivity (Wildman–Crippen MR) is 185 cm³/mol. The Hall–Kier alpha value is -5.74. The zero-order chi connectivity index (χ0) is 29.9. The van der Waals surface area contributed by atoms with E-state index in [1.807, 2.05) is 18.2 Å². The van der Waals surface area contributed by atoms with E-state index in [-0.39, 0.29) is 12.0 Å². The van der Waals surface area contributed by atoms with Crippen LogP contribution in [0.25, 0.3) is 82.5 Å². The number of furan rings is 3. The minimum absolute atomic E-state index is 0.166. The normalized spacial score (nSPS) is 17.7. The van der Waals surface area contributed by atoms with Crippen LogP contribution in [0.5, 0.6) is 5.75 Å². The van der Waals surface area contributed by atoms with Crippen LogP contribution in [0, 0.1) is 0 Å². The zero-order valence-electron chi connectivity index (χ0n) is 24.7. The highest BCUT2D eigenvalue weighted by atomic mass is 16.5. The second kappa shape index (κ2) is 8.92. The highest BCUT2D eigenvalue weighted by Gasteiger charge is 2.36. The third-order valence-corrected chi connectivity index (χ3v) is 10.2. The Kier molecular flexibility index (Phi) is 4.76. The summed E-state index contributed by atoms with van der Waals surface area (Å²) < 4.78 is 25.6. The van der Waals surface area contributed by atoms with Crippen LogP contribution in [0.3, 0.4) is 0 Å². The van der Waals surface area contributed by atoms with Crippen molar-refractivity contribution in [2.75, 3.05) is 0 Å². The first kappa shape index (κ1) is 24.6. The molecule has 4 heterocycles. The number of rotatable bonds is 2. The molecule has 2 aliphatic rings. The molecule has 0 saturated carbocycles. The topological polar surface area (TPSA) is 48.7 Å². The molecule has 3 aromatic heterocycles. The number of benzene rings is 6. The van der Waals surface area contributed by atoms with Crippen LogP contribution in [0.4, 0.5) is 0 Å². The van der Waals surface area contributed by atoms with Crippen molar-refractivity contribution in [1.82, 2.24) is 0 Å². The lowest BCUT2D eigenvalue weighted by molar-refractivity contribution is 0.206. The summed E-state index contributed by atoms with van der Waals surface area (Å²) in [7, 11) is 0. The molecule has 218 valence electrons. The van der Waals surface area contributed by atoms with Crippen molar-refractivity contribution in [2.24, 2.45) is 0 Å². The van der Waals surface area contributed by atoms with E-state index in [0.29, 0.717) is 0 Å². The molecular formula is C42H26O4. The fraction of sp³-hybridized carbons (Fsp3) is 0.0952. The third kappa shape index (κ3) is 3.44. The summed E-state index contributed by atoms with van der Waals surface area (Å²) in [6.45, 7) is 0. The van der Waals surface area contributed by atoms with E-state index >= 15 is 0 Å². The van der Waals surface area contributed by atoms with Gasteiger partial charge in [-0.1, -0.05) is 72.8 Å². The van der Waals surface area contributed by atoms with E-state index in [0.717, 1.165) is 84.4 Å². The first-order valence-electron chi connectivity index (χ1n) is 15.9. The van der Waals surface area contributed by atoms with Crippen LogP contribution in [-0.2, 0) is 0 Å².